The van der Waals surface area contributed by atoms with Gasteiger partial charge in [0.2, 0.25) is 0 Å². The molecule has 3 N–H and O–H groups in total. The van der Waals surface area contributed by atoms with Gasteiger partial charge in [-0.3, -0.25) is 0 Å². The highest BCUT2D eigenvalue weighted by atomic mass is 35.5. The molecular weight excluding hydrogens is 401 g/mol. The molecule has 8 heteroatoms. The van der Waals surface area contributed by atoms with Crippen molar-refractivity contribution in [2.24, 2.45) is 11.7 Å². The minimum absolute atomic E-state index is 0.0869. The average Bonchev–Trinajstić information content (AvgIpc) is 2.56. The average molecular weight is 433 g/mol. The van der Waals surface area contributed by atoms with Gasteiger partial charge in [0.1, 0.15) is 5.50 Å². The van der Waals surface area contributed by atoms with E-state index in [4.69, 9.17) is 17.3 Å². The quantitative estimate of drug-likeness (QED) is 0.364. The Morgan fingerprint density at radius 1 is 1.46 bits per heavy atom. The molecule has 0 amide bonds. The Labute approximate surface area is 174 Å². The van der Waals surface area contributed by atoms with Crippen molar-refractivity contribution >= 4 is 20.8 Å². The second kappa shape index (κ2) is 9.60. The maximum Gasteiger partial charge on any atom is 0.259 e. The molecule has 4 atom stereocenters. The normalized spacial score (nSPS) is 26.0. The highest BCUT2D eigenvalue weighted by Crippen LogP contribution is 2.34. The fraction of sp³-hybridized carbons (Fsp3) is 0.600. The molecule has 2 aliphatic rings. The van der Waals surface area contributed by atoms with E-state index in [1.165, 1.54) is 5.57 Å². The number of nitrogens with one attached hydrogen (secondary N) is 1. The summed E-state index contributed by atoms with van der Waals surface area (Å²) in [6, 6.07) is -0.196. The smallest absolute Gasteiger partial charge is 0.259 e. The Bertz CT molecular complexity index is 684. The molecule has 28 heavy (non-hydrogen) atoms. The van der Waals surface area contributed by atoms with Gasteiger partial charge in [-0.2, -0.15) is 0 Å². The number of hydrogen-bond donors (Lipinski definition) is 2. The van der Waals surface area contributed by atoms with Gasteiger partial charge in [-0.1, -0.05) is 33.8 Å². The summed E-state index contributed by atoms with van der Waals surface area (Å²) in [4.78, 5) is 4.06. The summed E-state index contributed by atoms with van der Waals surface area (Å²) in [5.74, 6) is -0.0869. The van der Waals surface area contributed by atoms with Gasteiger partial charge in [-0.05, 0) is 42.7 Å². The third-order valence-electron chi connectivity index (χ3n) is 5.08. The van der Waals surface area contributed by atoms with Crippen LogP contribution in [0.25, 0.3) is 0 Å². The molecule has 0 spiro atoms. The van der Waals surface area contributed by atoms with E-state index in [9.17, 15) is 8.78 Å². The topological polar surface area (TPSA) is 44.5 Å². The van der Waals surface area contributed by atoms with E-state index in [0.717, 1.165) is 23.4 Å². The summed E-state index contributed by atoms with van der Waals surface area (Å²) in [7, 11) is 5.56. The minimum Gasteiger partial charge on any atom is -0.387 e. The van der Waals surface area contributed by atoms with E-state index >= 15 is 0 Å². The molecule has 0 bridgehead atoms. The van der Waals surface area contributed by atoms with Gasteiger partial charge in [-0.25, -0.2) is 8.78 Å². The molecule has 0 fully saturated rings. The van der Waals surface area contributed by atoms with Crippen LogP contribution in [-0.4, -0.2) is 54.2 Å². The number of hydrogen-bond acceptors (Lipinski definition) is 4. The second-order valence-electron chi connectivity index (χ2n) is 7.96. The lowest BCUT2D eigenvalue weighted by atomic mass is 9.95. The van der Waals surface area contributed by atoms with E-state index in [0.29, 0.717) is 13.0 Å². The van der Waals surface area contributed by atoms with Crippen molar-refractivity contribution in [3.05, 3.63) is 47.0 Å². The number of likely N-dealkylation sites (N-methyl/N-ethyl adjacent to an activating group) is 2. The van der Waals surface area contributed by atoms with Crippen molar-refractivity contribution in [1.29, 1.82) is 0 Å². The summed E-state index contributed by atoms with van der Waals surface area (Å²) >= 11 is 6.41. The Morgan fingerprint density at radius 3 is 2.75 bits per heavy atom. The van der Waals surface area contributed by atoms with Crippen LogP contribution in [0.1, 0.15) is 26.7 Å². The zero-order valence-corrected chi connectivity index (χ0v) is 19.0. The first-order chi connectivity index (χ1) is 13.0. The molecular formula is C20H32ClF2N4P. The monoisotopic (exact) mass is 432 g/mol. The summed E-state index contributed by atoms with van der Waals surface area (Å²) in [6.45, 7) is 5.37. The Balaban J connectivity index is 2.00. The highest BCUT2D eigenvalue weighted by molar-refractivity contribution is 7.18. The summed E-state index contributed by atoms with van der Waals surface area (Å²) in [5.41, 5.74) is 7.56. The summed E-state index contributed by atoms with van der Waals surface area (Å²) in [5, 5.41) is 3.33. The lowest BCUT2D eigenvalue weighted by Gasteiger charge is -2.32. The van der Waals surface area contributed by atoms with Crippen LogP contribution in [0.15, 0.2) is 47.0 Å². The molecule has 0 aromatic heterocycles. The molecule has 4 unspecified atom stereocenters. The third kappa shape index (κ3) is 6.47. The van der Waals surface area contributed by atoms with Crippen LogP contribution in [0.2, 0.25) is 0 Å². The van der Waals surface area contributed by atoms with E-state index in [1.807, 2.05) is 51.3 Å². The van der Waals surface area contributed by atoms with Crippen LogP contribution in [0.5, 0.6) is 0 Å². The summed E-state index contributed by atoms with van der Waals surface area (Å²) < 4.78 is 26.5. The van der Waals surface area contributed by atoms with Crippen LogP contribution in [0, 0.1) is 5.92 Å². The number of alkyl halides is 3. The van der Waals surface area contributed by atoms with Gasteiger partial charge in [0.05, 0.1) is 6.04 Å². The predicted molar refractivity (Wildman–Crippen MR) is 117 cm³/mol. The molecule has 2 rings (SSSR count). The van der Waals surface area contributed by atoms with Crippen LogP contribution < -0.4 is 11.1 Å². The molecule has 0 radical (unpaired) electrons. The van der Waals surface area contributed by atoms with Crippen LogP contribution in [-0.2, 0) is 0 Å². The van der Waals surface area contributed by atoms with Gasteiger partial charge >= 0.3 is 0 Å². The van der Waals surface area contributed by atoms with Crippen LogP contribution in [0.4, 0.5) is 8.78 Å². The molecule has 158 valence electrons. The highest BCUT2D eigenvalue weighted by Gasteiger charge is 2.27. The number of halogens is 3. The Morgan fingerprint density at radius 2 is 2.14 bits per heavy atom. The number of nitrogens with two attached hydrogens (primary N) is 1. The van der Waals surface area contributed by atoms with Gasteiger partial charge in [-0.15, -0.1) is 0 Å². The SMILES string of the molecule is CC1=C(CC(C)CC(F)(F)P)N(C)CC(CN/C=C2\C(N)C=CN(C)C2Cl)=C1. The molecule has 0 saturated carbocycles. The van der Waals surface area contributed by atoms with Gasteiger partial charge in [0.25, 0.3) is 5.66 Å². The molecule has 0 aromatic carbocycles. The van der Waals surface area contributed by atoms with Crippen molar-refractivity contribution in [2.45, 2.75) is 43.9 Å². The second-order valence-corrected chi connectivity index (χ2v) is 9.21. The van der Waals surface area contributed by atoms with Gasteiger partial charge in [0.15, 0.2) is 0 Å². The standard InChI is InChI=1S/C20H32ClF2N4P/c1-13(9-20(22,23)28)7-18-14(2)8-15(12-27(18)4)10-25-11-16-17(24)5-6-26(3)19(16)21/h5-6,8,11,13,17,19,25H,7,9-10,12,24,28H2,1-4H3/b16-11+. The zero-order chi connectivity index (χ0) is 21.1. The van der Waals surface area contributed by atoms with Crippen molar-refractivity contribution in [3.63, 3.8) is 0 Å². The van der Waals surface area contributed by atoms with E-state index in [-0.39, 0.29) is 23.9 Å². The van der Waals surface area contributed by atoms with Crippen molar-refractivity contribution in [2.75, 3.05) is 27.2 Å². The van der Waals surface area contributed by atoms with Crippen LogP contribution in [0.3, 0.4) is 0 Å². The van der Waals surface area contributed by atoms with Gasteiger partial charge in [0, 0.05) is 51.1 Å². The number of rotatable bonds is 7. The Hall–Kier alpha value is -1.10. The predicted octanol–water partition coefficient (Wildman–Crippen LogP) is 3.84. The number of nitrogens with zero attached hydrogens (tertiary/aromatic N) is 2. The first-order valence-corrected chi connectivity index (χ1v) is 10.5. The zero-order valence-electron chi connectivity index (χ0n) is 17.1. The lowest BCUT2D eigenvalue weighted by molar-refractivity contribution is 0.0756. The molecule has 0 aliphatic carbocycles. The van der Waals surface area contributed by atoms with E-state index in [2.05, 4.69) is 16.3 Å². The maximum atomic E-state index is 13.2. The Kier molecular flexibility index (Phi) is 7.95. The first-order valence-electron chi connectivity index (χ1n) is 9.48. The number of allylic oxidation sites excluding steroid dienone is 3. The van der Waals surface area contributed by atoms with Crippen molar-refractivity contribution < 1.29 is 8.78 Å². The largest absolute Gasteiger partial charge is 0.387 e. The third-order valence-corrected chi connectivity index (χ3v) is 5.88. The van der Waals surface area contributed by atoms with E-state index < -0.39 is 5.66 Å². The lowest BCUT2D eigenvalue weighted by Crippen LogP contribution is -2.38. The fourth-order valence-electron chi connectivity index (χ4n) is 3.70. The maximum absolute atomic E-state index is 13.2. The molecule has 0 aromatic rings. The van der Waals surface area contributed by atoms with E-state index in [1.54, 1.807) is 9.24 Å². The molecule has 2 heterocycles. The minimum atomic E-state index is -2.71. The molecule has 0 saturated heterocycles. The summed E-state index contributed by atoms with van der Waals surface area (Å²) in [6.07, 6.45) is 8.38. The van der Waals surface area contributed by atoms with Crippen molar-refractivity contribution in [3.8, 4) is 0 Å². The van der Waals surface area contributed by atoms with Crippen LogP contribution >= 0.6 is 20.8 Å². The van der Waals surface area contributed by atoms with Gasteiger partial charge < -0.3 is 20.9 Å². The molecule has 2 aliphatic heterocycles. The fourth-order valence-corrected chi connectivity index (χ4v) is 4.38. The van der Waals surface area contributed by atoms with Crippen molar-refractivity contribution in [1.82, 2.24) is 15.1 Å². The molecule has 4 nitrogen and oxygen atoms in total. The first kappa shape index (κ1) is 23.2.